The van der Waals surface area contributed by atoms with Gasteiger partial charge in [0.25, 0.3) is 10.0 Å². The van der Waals surface area contributed by atoms with E-state index in [1.807, 2.05) is 6.92 Å². The van der Waals surface area contributed by atoms with Crippen LogP contribution in [-0.2, 0) is 22.9 Å². The van der Waals surface area contributed by atoms with E-state index in [4.69, 9.17) is 9.47 Å². The molecule has 32 heavy (non-hydrogen) atoms. The second-order valence-corrected chi connectivity index (χ2v) is 10.3. The van der Waals surface area contributed by atoms with Gasteiger partial charge in [-0.15, -0.1) is 11.3 Å². The lowest BCUT2D eigenvalue weighted by Gasteiger charge is -2.11. The van der Waals surface area contributed by atoms with E-state index in [0.717, 1.165) is 29.5 Å². The average Bonchev–Trinajstić information content (AvgIpc) is 3.35. The number of hydrogen-bond donors (Lipinski definition) is 1. The molecule has 0 amide bonds. The van der Waals surface area contributed by atoms with Crippen LogP contribution in [0.2, 0.25) is 0 Å². The van der Waals surface area contributed by atoms with Crippen molar-refractivity contribution in [3.63, 3.8) is 0 Å². The van der Waals surface area contributed by atoms with Crippen molar-refractivity contribution < 1.29 is 17.9 Å². The number of hydrogen-bond acceptors (Lipinski definition) is 7. The molecule has 0 radical (unpaired) electrons. The van der Waals surface area contributed by atoms with Crippen molar-refractivity contribution in [1.82, 2.24) is 9.97 Å². The fourth-order valence-corrected chi connectivity index (χ4v) is 6.17. The minimum Gasteiger partial charge on any atom is -0.497 e. The normalized spacial score (nSPS) is 13.2. The molecule has 7 nitrogen and oxygen atoms in total. The molecule has 2 aromatic carbocycles. The molecule has 1 N–H and O–H groups in total. The summed E-state index contributed by atoms with van der Waals surface area (Å²) in [5.41, 5.74) is 1.74. The summed E-state index contributed by atoms with van der Waals surface area (Å²) >= 11 is 1.71. The quantitative estimate of drug-likeness (QED) is 0.425. The Morgan fingerprint density at radius 1 is 0.969 bits per heavy atom. The van der Waals surface area contributed by atoms with E-state index in [0.29, 0.717) is 28.9 Å². The van der Waals surface area contributed by atoms with Crippen LogP contribution in [0.3, 0.4) is 0 Å². The lowest BCUT2D eigenvalue weighted by molar-refractivity contribution is 0.415. The number of sulfonamides is 1. The van der Waals surface area contributed by atoms with Crippen molar-refractivity contribution in [2.45, 2.75) is 31.1 Å². The van der Waals surface area contributed by atoms with Crippen LogP contribution >= 0.6 is 11.3 Å². The summed E-state index contributed by atoms with van der Waals surface area (Å²) in [7, 11) is -2.18. The van der Waals surface area contributed by atoms with E-state index in [1.165, 1.54) is 22.6 Å². The van der Waals surface area contributed by atoms with Gasteiger partial charge in [-0.2, -0.15) is 4.98 Å². The van der Waals surface area contributed by atoms with Gasteiger partial charge in [0.05, 0.1) is 17.4 Å². The molecule has 0 saturated heterocycles. The van der Waals surface area contributed by atoms with Crippen molar-refractivity contribution in [2.75, 3.05) is 11.8 Å². The number of ether oxygens (including phenoxy) is 2. The molecule has 0 saturated carbocycles. The highest BCUT2D eigenvalue weighted by Gasteiger charge is 2.23. The number of methoxy groups -OCH3 is 1. The van der Waals surface area contributed by atoms with E-state index in [-0.39, 0.29) is 4.90 Å². The van der Waals surface area contributed by atoms with Crippen LogP contribution in [0.15, 0.2) is 53.4 Å². The molecule has 9 heteroatoms. The van der Waals surface area contributed by atoms with Gasteiger partial charge in [-0.25, -0.2) is 13.4 Å². The zero-order valence-electron chi connectivity index (χ0n) is 17.6. The van der Waals surface area contributed by atoms with Crippen LogP contribution in [0.5, 0.6) is 17.4 Å². The van der Waals surface area contributed by atoms with Crippen molar-refractivity contribution >= 4 is 37.3 Å². The molecule has 1 aliphatic carbocycles. The molecule has 0 bridgehead atoms. The molecular weight excluding hydrogens is 446 g/mol. The first-order chi connectivity index (χ1) is 15.4. The first kappa shape index (κ1) is 20.7. The standard InChI is InChI=1S/C23H21N3O4S2/c1-14-24-22(21-19-4-3-5-20(19)31-23(21)25-14)30-17-10-12-18(13-11-17)32(27,28)26-15-6-8-16(29-2)9-7-15/h6-13,26H,3-5H2,1-2H3. The molecule has 0 spiro atoms. The van der Waals surface area contributed by atoms with Gasteiger partial charge in [0.15, 0.2) is 0 Å². The minimum atomic E-state index is -3.73. The number of thiophene rings is 1. The summed E-state index contributed by atoms with van der Waals surface area (Å²) in [5.74, 6) is 2.35. The summed E-state index contributed by atoms with van der Waals surface area (Å²) in [6, 6.07) is 13.0. The summed E-state index contributed by atoms with van der Waals surface area (Å²) in [5, 5.41) is 0.978. The lowest BCUT2D eigenvalue weighted by atomic mass is 10.2. The van der Waals surface area contributed by atoms with Gasteiger partial charge >= 0.3 is 0 Å². The van der Waals surface area contributed by atoms with Crippen LogP contribution in [0.25, 0.3) is 10.2 Å². The van der Waals surface area contributed by atoms with E-state index in [9.17, 15) is 8.42 Å². The fraction of sp³-hybridized carbons (Fsp3) is 0.217. The Morgan fingerprint density at radius 3 is 2.41 bits per heavy atom. The number of anilines is 1. The zero-order chi connectivity index (χ0) is 22.3. The van der Waals surface area contributed by atoms with Crippen LogP contribution in [0, 0.1) is 6.92 Å². The first-order valence-corrected chi connectivity index (χ1v) is 12.5. The Kier molecular flexibility index (Phi) is 5.22. The predicted octanol–water partition coefficient (Wildman–Crippen LogP) is 5.09. The Morgan fingerprint density at radius 2 is 1.69 bits per heavy atom. The third-order valence-corrected chi connectivity index (χ3v) is 7.92. The van der Waals surface area contributed by atoms with Crippen molar-refractivity contribution in [3.8, 4) is 17.4 Å². The summed E-state index contributed by atoms with van der Waals surface area (Å²) in [6.07, 6.45) is 3.22. The topological polar surface area (TPSA) is 90.4 Å². The van der Waals surface area contributed by atoms with Crippen LogP contribution in [0.4, 0.5) is 5.69 Å². The van der Waals surface area contributed by atoms with E-state index in [1.54, 1.807) is 54.8 Å². The molecule has 0 atom stereocenters. The fourth-order valence-electron chi connectivity index (χ4n) is 3.81. The molecule has 2 heterocycles. The molecule has 164 valence electrons. The van der Waals surface area contributed by atoms with Crippen molar-refractivity contribution in [1.29, 1.82) is 0 Å². The second kappa shape index (κ2) is 8.07. The van der Waals surface area contributed by atoms with Gasteiger partial charge in [-0.3, -0.25) is 4.72 Å². The number of fused-ring (bicyclic) bond motifs is 3. The monoisotopic (exact) mass is 467 g/mol. The molecular formula is C23H21N3O4S2. The van der Waals surface area contributed by atoms with Gasteiger partial charge in [-0.05, 0) is 80.3 Å². The summed E-state index contributed by atoms with van der Waals surface area (Å²) in [6.45, 7) is 1.84. The number of rotatable bonds is 6. The van der Waals surface area contributed by atoms with Crippen LogP contribution in [-0.4, -0.2) is 25.5 Å². The largest absolute Gasteiger partial charge is 0.497 e. The maximum atomic E-state index is 12.7. The first-order valence-electron chi connectivity index (χ1n) is 10.2. The second-order valence-electron chi connectivity index (χ2n) is 7.52. The average molecular weight is 468 g/mol. The number of aryl methyl sites for hydroxylation is 3. The maximum Gasteiger partial charge on any atom is 0.261 e. The molecule has 2 aromatic heterocycles. The van der Waals surface area contributed by atoms with Crippen LogP contribution < -0.4 is 14.2 Å². The van der Waals surface area contributed by atoms with Crippen LogP contribution in [0.1, 0.15) is 22.7 Å². The predicted molar refractivity (Wildman–Crippen MR) is 124 cm³/mol. The lowest BCUT2D eigenvalue weighted by Crippen LogP contribution is -2.12. The molecule has 0 unspecified atom stereocenters. The highest BCUT2D eigenvalue weighted by molar-refractivity contribution is 7.92. The Hall–Kier alpha value is -3.17. The Labute approximate surface area is 190 Å². The van der Waals surface area contributed by atoms with Crippen molar-refractivity contribution in [2.24, 2.45) is 0 Å². The highest BCUT2D eigenvalue weighted by Crippen LogP contribution is 2.41. The number of nitrogens with one attached hydrogen (secondary N) is 1. The molecule has 4 aromatic rings. The molecule has 1 aliphatic rings. The Bertz CT molecular complexity index is 1400. The maximum absolute atomic E-state index is 12.7. The number of aromatic nitrogens is 2. The van der Waals surface area contributed by atoms with E-state index < -0.39 is 10.0 Å². The smallest absolute Gasteiger partial charge is 0.261 e. The van der Waals surface area contributed by atoms with Gasteiger partial charge in [0, 0.05) is 10.6 Å². The van der Waals surface area contributed by atoms with Crippen molar-refractivity contribution in [3.05, 3.63) is 64.8 Å². The molecule has 0 aliphatic heterocycles. The SMILES string of the molecule is COc1ccc(NS(=O)(=O)c2ccc(Oc3nc(C)nc4sc5c(c34)CCC5)cc2)cc1. The van der Waals surface area contributed by atoms with Gasteiger partial charge in [-0.1, -0.05) is 0 Å². The van der Waals surface area contributed by atoms with E-state index >= 15 is 0 Å². The summed E-state index contributed by atoms with van der Waals surface area (Å²) in [4.78, 5) is 11.5. The Balaban J connectivity index is 1.39. The third-order valence-electron chi connectivity index (χ3n) is 5.33. The number of nitrogens with zero attached hydrogens (tertiary/aromatic N) is 2. The van der Waals surface area contributed by atoms with Gasteiger partial charge < -0.3 is 9.47 Å². The zero-order valence-corrected chi connectivity index (χ0v) is 19.2. The summed E-state index contributed by atoms with van der Waals surface area (Å²) < 4.78 is 39.2. The van der Waals surface area contributed by atoms with Gasteiger partial charge in [0.1, 0.15) is 22.2 Å². The highest BCUT2D eigenvalue weighted by atomic mass is 32.2. The molecule has 0 fully saturated rings. The molecule has 5 rings (SSSR count). The number of benzene rings is 2. The third kappa shape index (κ3) is 3.89. The van der Waals surface area contributed by atoms with E-state index in [2.05, 4.69) is 14.7 Å². The minimum absolute atomic E-state index is 0.140. The van der Waals surface area contributed by atoms with Gasteiger partial charge in [0.2, 0.25) is 5.88 Å².